The summed E-state index contributed by atoms with van der Waals surface area (Å²) in [5.41, 5.74) is 1.89. The van der Waals surface area contributed by atoms with Crippen molar-refractivity contribution in [1.29, 1.82) is 0 Å². The fourth-order valence-corrected chi connectivity index (χ4v) is 2.32. The highest BCUT2D eigenvalue weighted by atomic mass is 16.3. The molecule has 0 radical (unpaired) electrons. The van der Waals surface area contributed by atoms with Crippen LogP contribution in [0.1, 0.15) is 26.5 Å². The highest BCUT2D eigenvalue weighted by Crippen LogP contribution is 2.23. The van der Waals surface area contributed by atoms with Crippen molar-refractivity contribution in [3.63, 3.8) is 0 Å². The Morgan fingerprint density at radius 3 is 2.55 bits per heavy atom. The minimum Gasteiger partial charge on any atom is -0.395 e. The van der Waals surface area contributed by atoms with E-state index in [0.717, 1.165) is 17.9 Å². The van der Waals surface area contributed by atoms with Gasteiger partial charge in [0, 0.05) is 30.7 Å². The van der Waals surface area contributed by atoms with Gasteiger partial charge < -0.3 is 10.0 Å². The van der Waals surface area contributed by atoms with Gasteiger partial charge >= 0.3 is 0 Å². The summed E-state index contributed by atoms with van der Waals surface area (Å²) in [4.78, 5) is 20.3. The van der Waals surface area contributed by atoms with Crippen LogP contribution in [-0.4, -0.2) is 53.7 Å². The van der Waals surface area contributed by atoms with E-state index >= 15 is 0 Å². The number of aliphatic hydroxyl groups is 1. The third-order valence-electron chi connectivity index (χ3n) is 3.54. The van der Waals surface area contributed by atoms with E-state index in [4.69, 9.17) is 5.11 Å². The smallest absolute Gasteiger partial charge is 0.241 e. The lowest BCUT2D eigenvalue weighted by Gasteiger charge is -2.34. The van der Waals surface area contributed by atoms with Crippen LogP contribution in [0.4, 0.5) is 5.69 Å². The molecule has 1 aliphatic rings. The van der Waals surface area contributed by atoms with E-state index in [-0.39, 0.29) is 17.9 Å². The van der Waals surface area contributed by atoms with Gasteiger partial charge in [-0.3, -0.25) is 14.7 Å². The summed E-state index contributed by atoms with van der Waals surface area (Å²) in [6.07, 6.45) is 1.78. The molecule has 1 saturated heterocycles. The number of aliphatic hydroxyl groups excluding tert-OH is 1. The minimum atomic E-state index is 0.0162. The van der Waals surface area contributed by atoms with Crippen molar-refractivity contribution in [2.24, 2.45) is 0 Å². The highest BCUT2D eigenvalue weighted by Gasteiger charge is 2.25. The lowest BCUT2D eigenvalue weighted by Crippen LogP contribution is -2.51. The molecule has 5 nitrogen and oxygen atoms in total. The standard InChI is InChI=1S/C15H23N3O2/c1-15(2,3)13-5-4-12(10-16-13)18-7-6-17(8-9-19)11-14(18)20/h4-5,10,19H,6-9,11H2,1-3H3. The van der Waals surface area contributed by atoms with E-state index in [9.17, 15) is 4.79 Å². The van der Waals surface area contributed by atoms with Gasteiger partial charge in [0.15, 0.2) is 0 Å². The van der Waals surface area contributed by atoms with E-state index < -0.39 is 0 Å². The SMILES string of the molecule is CC(C)(C)c1ccc(N2CCN(CCO)CC2=O)cn1. The van der Waals surface area contributed by atoms with Gasteiger partial charge in [0.2, 0.25) is 5.91 Å². The second-order valence-corrected chi connectivity index (χ2v) is 6.20. The van der Waals surface area contributed by atoms with Crippen LogP contribution in [0.15, 0.2) is 18.3 Å². The number of pyridine rings is 1. The van der Waals surface area contributed by atoms with Crippen LogP contribution in [0.2, 0.25) is 0 Å². The maximum absolute atomic E-state index is 12.1. The van der Waals surface area contributed by atoms with Crippen molar-refractivity contribution in [3.05, 3.63) is 24.0 Å². The molecule has 0 unspecified atom stereocenters. The first-order chi connectivity index (χ1) is 9.41. The molecule has 1 amide bonds. The molecular formula is C15H23N3O2. The molecule has 0 aromatic carbocycles. The number of carbonyl (C=O) groups is 1. The van der Waals surface area contributed by atoms with Crippen molar-refractivity contribution in [2.45, 2.75) is 26.2 Å². The van der Waals surface area contributed by atoms with Crippen LogP contribution in [0.3, 0.4) is 0 Å². The monoisotopic (exact) mass is 277 g/mol. The first kappa shape index (κ1) is 14.9. The fraction of sp³-hybridized carbons (Fsp3) is 0.600. The molecule has 2 rings (SSSR count). The van der Waals surface area contributed by atoms with Gasteiger partial charge in [-0.2, -0.15) is 0 Å². The maximum Gasteiger partial charge on any atom is 0.241 e. The van der Waals surface area contributed by atoms with Gasteiger partial charge in [-0.25, -0.2) is 0 Å². The molecule has 1 aromatic heterocycles. The number of carbonyl (C=O) groups excluding carboxylic acids is 1. The maximum atomic E-state index is 12.1. The lowest BCUT2D eigenvalue weighted by atomic mass is 9.92. The van der Waals surface area contributed by atoms with E-state index in [0.29, 0.717) is 19.6 Å². The Morgan fingerprint density at radius 2 is 2.05 bits per heavy atom. The van der Waals surface area contributed by atoms with Gasteiger partial charge in [-0.05, 0) is 12.1 Å². The first-order valence-corrected chi connectivity index (χ1v) is 7.02. The lowest BCUT2D eigenvalue weighted by molar-refractivity contribution is -0.121. The van der Waals surface area contributed by atoms with Crippen LogP contribution >= 0.6 is 0 Å². The average Bonchev–Trinajstić information content (AvgIpc) is 2.38. The Labute approximate surface area is 120 Å². The number of hydrogen-bond acceptors (Lipinski definition) is 4. The minimum absolute atomic E-state index is 0.0162. The summed E-state index contributed by atoms with van der Waals surface area (Å²) in [5, 5.41) is 8.92. The number of aromatic nitrogens is 1. The Balaban J connectivity index is 2.07. The molecule has 0 bridgehead atoms. The summed E-state index contributed by atoms with van der Waals surface area (Å²) in [7, 11) is 0. The molecule has 5 heteroatoms. The Bertz CT molecular complexity index is 465. The molecule has 1 fully saturated rings. The van der Waals surface area contributed by atoms with Crippen LogP contribution < -0.4 is 4.90 Å². The topological polar surface area (TPSA) is 56.7 Å². The molecule has 0 spiro atoms. The zero-order chi connectivity index (χ0) is 14.8. The Hall–Kier alpha value is -1.46. The molecule has 2 heterocycles. The zero-order valence-electron chi connectivity index (χ0n) is 12.5. The molecule has 1 N–H and O–H groups in total. The van der Waals surface area contributed by atoms with E-state index in [1.807, 2.05) is 17.0 Å². The van der Waals surface area contributed by atoms with Gasteiger partial charge in [-0.1, -0.05) is 20.8 Å². The van der Waals surface area contributed by atoms with Gasteiger partial charge in [-0.15, -0.1) is 0 Å². The fourth-order valence-electron chi connectivity index (χ4n) is 2.32. The van der Waals surface area contributed by atoms with Crippen molar-refractivity contribution in [2.75, 3.05) is 37.7 Å². The van der Waals surface area contributed by atoms with E-state index in [2.05, 4.69) is 25.8 Å². The molecule has 1 aromatic rings. The van der Waals surface area contributed by atoms with Crippen LogP contribution in [0.25, 0.3) is 0 Å². The van der Waals surface area contributed by atoms with Gasteiger partial charge in [0.1, 0.15) is 0 Å². The summed E-state index contributed by atoms with van der Waals surface area (Å²) in [6, 6.07) is 3.95. The Morgan fingerprint density at radius 1 is 1.30 bits per heavy atom. The summed E-state index contributed by atoms with van der Waals surface area (Å²) in [5.74, 6) is 0.0648. The number of anilines is 1. The van der Waals surface area contributed by atoms with Gasteiger partial charge in [0.05, 0.1) is 25.0 Å². The highest BCUT2D eigenvalue weighted by molar-refractivity contribution is 5.95. The normalized spacial score (nSPS) is 17.6. The van der Waals surface area contributed by atoms with Crippen molar-refractivity contribution < 1.29 is 9.90 Å². The molecule has 0 atom stereocenters. The van der Waals surface area contributed by atoms with Crippen molar-refractivity contribution in [3.8, 4) is 0 Å². The molecule has 1 aliphatic heterocycles. The summed E-state index contributed by atoms with van der Waals surface area (Å²) < 4.78 is 0. The van der Waals surface area contributed by atoms with Crippen LogP contribution in [0.5, 0.6) is 0 Å². The second kappa shape index (κ2) is 5.89. The molecule has 20 heavy (non-hydrogen) atoms. The second-order valence-electron chi connectivity index (χ2n) is 6.20. The number of rotatable bonds is 3. The predicted octanol–water partition coefficient (Wildman–Crippen LogP) is 1.02. The number of nitrogens with zero attached hydrogens (tertiary/aromatic N) is 3. The zero-order valence-corrected chi connectivity index (χ0v) is 12.5. The summed E-state index contributed by atoms with van der Waals surface area (Å²) >= 11 is 0. The number of β-amino-alcohol motifs (C(OH)–C–C–N with tert-alkyl or cyclic N) is 1. The molecule has 0 aliphatic carbocycles. The van der Waals surface area contributed by atoms with E-state index in [1.165, 1.54) is 0 Å². The van der Waals surface area contributed by atoms with Gasteiger partial charge in [0.25, 0.3) is 0 Å². The largest absolute Gasteiger partial charge is 0.395 e. The predicted molar refractivity (Wildman–Crippen MR) is 78.8 cm³/mol. The molecule has 110 valence electrons. The van der Waals surface area contributed by atoms with Crippen molar-refractivity contribution in [1.82, 2.24) is 9.88 Å². The van der Waals surface area contributed by atoms with Crippen molar-refractivity contribution >= 4 is 11.6 Å². The third kappa shape index (κ3) is 3.35. The summed E-state index contributed by atoms with van der Waals surface area (Å²) in [6.45, 7) is 8.80. The first-order valence-electron chi connectivity index (χ1n) is 7.02. The number of piperazine rings is 1. The number of amides is 1. The number of hydrogen-bond donors (Lipinski definition) is 1. The quantitative estimate of drug-likeness (QED) is 0.896. The van der Waals surface area contributed by atoms with Crippen LogP contribution in [0, 0.1) is 0 Å². The Kier molecular flexibility index (Phi) is 4.40. The molecular weight excluding hydrogens is 254 g/mol. The average molecular weight is 277 g/mol. The molecule has 0 saturated carbocycles. The van der Waals surface area contributed by atoms with E-state index in [1.54, 1.807) is 11.1 Å². The third-order valence-corrected chi connectivity index (χ3v) is 3.54. The van der Waals surface area contributed by atoms with Crippen LogP contribution in [-0.2, 0) is 10.2 Å².